The maximum Gasteiger partial charge on any atom is 0.274 e. The lowest BCUT2D eigenvalue weighted by Gasteiger charge is -2.31. The van der Waals surface area contributed by atoms with Crippen molar-refractivity contribution < 1.29 is 18.7 Å². The van der Waals surface area contributed by atoms with Crippen molar-refractivity contribution in [3.05, 3.63) is 47.0 Å². The minimum atomic E-state index is -0.792. The van der Waals surface area contributed by atoms with Gasteiger partial charge in [-0.15, -0.1) is 0 Å². The number of nitrogens with two attached hydrogens (primary N) is 1. The third-order valence-corrected chi connectivity index (χ3v) is 4.87. The van der Waals surface area contributed by atoms with Crippen LogP contribution in [0.5, 0.6) is 0 Å². The Labute approximate surface area is 149 Å². The first kappa shape index (κ1) is 16.7. The Morgan fingerprint density at radius 1 is 1.23 bits per heavy atom. The summed E-state index contributed by atoms with van der Waals surface area (Å²) in [6.07, 6.45) is 1.75. The molecule has 0 bridgehead atoms. The molecule has 1 aromatic carbocycles. The molecule has 26 heavy (non-hydrogen) atoms. The number of fused-ring (bicyclic) bond motifs is 1. The van der Waals surface area contributed by atoms with Crippen LogP contribution in [0.25, 0.3) is 5.69 Å². The first-order valence-electron chi connectivity index (χ1n) is 8.61. The van der Waals surface area contributed by atoms with Crippen molar-refractivity contribution in [1.82, 2.24) is 14.7 Å². The Bertz CT molecular complexity index is 862. The molecule has 0 spiro atoms. The van der Waals surface area contributed by atoms with E-state index in [2.05, 4.69) is 5.10 Å². The Morgan fingerprint density at radius 2 is 2.00 bits per heavy atom. The average Bonchev–Trinajstić information content (AvgIpc) is 3.25. The molecular weight excluding hydrogens is 339 g/mol. The third kappa shape index (κ3) is 2.86. The number of morpholine rings is 1. The standard InChI is InChI=1S/C18H19FN4O3/c19-11-4-6-12(7-5-11)23-14-3-1-2-13(14)16(21-23)18(25)22-8-9-26-15(10-22)17(20)24/h4-7,15H,1-3,8-10H2,(H2,20,24). The summed E-state index contributed by atoms with van der Waals surface area (Å²) in [7, 11) is 0. The molecule has 2 aromatic rings. The van der Waals surface area contributed by atoms with Crippen LogP contribution < -0.4 is 5.73 Å². The van der Waals surface area contributed by atoms with E-state index in [1.165, 1.54) is 12.1 Å². The Kier molecular flexibility index (Phi) is 4.20. The van der Waals surface area contributed by atoms with Gasteiger partial charge < -0.3 is 15.4 Å². The smallest absolute Gasteiger partial charge is 0.274 e. The summed E-state index contributed by atoms with van der Waals surface area (Å²) in [5.74, 6) is -1.12. The second-order valence-electron chi connectivity index (χ2n) is 6.53. The highest BCUT2D eigenvalue weighted by Gasteiger charge is 2.33. The molecule has 0 radical (unpaired) electrons. The molecule has 1 fully saturated rings. The highest BCUT2D eigenvalue weighted by atomic mass is 19.1. The van der Waals surface area contributed by atoms with Crippen molar-refractivity contribution in [1.29, 1.82) is 0 Å². The largest absolute Gasteiger partial charge is 0.367 e. The normalized spacial score (nSPS) is 19.4. The van der Waals surface area contributed by atoms with Crippen molar-refractivity contribution in [2.45, 2.75) is 25.4 Å². The predicted molar refractivity (Wildman–Crippen MR) is 90.4 cm³/mol. The fourth-order valence-corrected chi connectivity index (χ4v) is 3.56. The van der Waals surface area contributed by atoms with Crippen LogP contribution in [0.1, 0.15) is 28.2 Å². The van der Waals surface area contributed by atoms with Gasteiger partial charge in [-0.1, -0.05) is 0 Å². The number of carbonyl (C=O) groups excluding carboxylic acids is 2. The Hall–Kier alpha value is -2.74. The van der Waals surface area contributed by atoms with Gasteiger partial charge in [0.1, 0.15) is 5.82 Å². The number of primary amides is 1. The molecule has 8 heteroatoms. The number of hydrogen-bond acceptors (Lipinski definition) is 4. The average molecular weight is 358 g/mol. The van der Waals surface area contributed by atoms with Crippen LogP contribution in [0, 0.1) is 5.82 Å². The maximum absolute atomic E-state index is 13.2. The van der Waals surface area contributed by atoms with Gasteiger partial charge in [-0.2, -0.15) is 5.10 Å². The van der Waals surface area contributed by atoms with Gasteiger partial charge in [-0.25, -0.2) is 9.07 Å². The van der Waals surface area contributed by atoms with Crippen LogP contribution in [0.3, 0.4) is 0 Å². The molecular formula is C18H19FN4O3. The maximum atomic E-state index is 13.2. The minimum Gasteiger partial charge on any atom is -0.367 e. The molecule has 1 aromatic heterocycles. The fraction of sp³-hybridized carbons (Fsp3) is 0.389. The Balaban J connectivity index is 1.67. The second-order valence-corrected chi connectivity index (χ2v) is 6.53. The number of carbonyl (C=O) groups is 2. The summed E-state index contributed by atoms with van der Waals surface area (Å²) in [6, 6.07) is 6.04. The summed E-state index contributed by atoms with van der Waals surface area (Å²) in [6.45, 7) is 0.785. The van der Waals surface area contributed by atoms with Crippen molar-refractivity contribution in [3.63, 3.8) is 0 Å². The van der Waals surface area contributed by atoms with Crippen LogP contribution in [0.15, 0.2) is 24.3 Å². The van der Waals surface area contributed by atoms with E-state index in [1.807, 2.05) is 0 Å². The van der Waals surface area contributed by atoms with E-state index in [-0.39, 0.29) is 24.9 Å². The van der Waals surface area contributed by atoms with Crippen molar-refractivity contribution in [2.24, 2.45) is 5.73 Å². The van der Waals surface area contributed by atoms with E-state index in [4.69, 9.17) is 10.5 Å². The number of halogens is 1. The number of amides is 2. The molecule has 2 aliphatic rings. The molecule has 1 aliphatic heterocycles. The zero-order valence-corrected chi connectivity index (χ0v) is 14.2. The Morgan fingerprint density at radius 3 is 2.73 bits per heavy atom. The molecule has 1 aliphatic carbocycles. The highest BCUT2D eigenvalue weighted by molar-refractivity contribution is 5.95. The first-order valence-corrected chi connectivity index (χ1v) is 8.61. The molecule has 4 rings (SSSR count). The van der Waals surface area contributed by atoms with E-state index in [9.17, 15) is 14.0 Å². The zero-order chi connectivity index (χ0) is 18.3. The third-order valence-electron chi connectivity index (χ3n) is 4.87. The number of hydrogen-bond donors (Lipinski definition) is 1. The van der Waals surface area contributed by atoms with Crippen LogP contribution in [0.2, 0.25) is 0 Å². The van der Waals surface area contributed by atoms with Gasteiger partial charge in [-0.3, -0.25) is 9.59 Å². The molecule has 1 atom stereocenters. The van der Waals surface area contributed by atoms with Crippen molar-refractivity contribution >= 4 is 11.8 Å². The number of benzene rings is 1. The summed E-state index contributed by atoms with van der Waals surface area (Å²) >= 11 is 0. The van der Waals surface area contributed by atoms with E-state index >= 15 is 0 Å². The van der Waals surface area contributed by atoms with Crippen LogP contribution >= 0.6 is 0 Å². The lowest BCUT2D eigenvalue weighted by atomic mass is 10.1. The lowest BCUT2D eigenvalue weighted by Crippen LogP contribution is -2.50. The van der Waals surface area contributed by atoms with Gasteiger partial charge in [-0.05, 0) is 43.5 Å². The molecule has 136 valence electrons. The molecule has 2 heterocycles. The van der Waals surface area contributed by atoms with Gasteiger partial charge in [0.15, 0.2) is 11.8 Å². The van der Waals surface area contributed by atoms with Gasteiger partial charge in [0, 0.05) is 17.8 Å². The number of rotatable bonds is 3. The SMILES string of the molecule is NC(=O)C1CN(C(=O)c2nn(-c3ccc(F)cc3)c3c2CCC3)CCO1. The summed E-state index contributed by atoms with van der Waals surface area (Å²) in [5.41, 5.74) is 8.33. The van der Waals surface area contributed by atoms with Gasteiger partial charge in [0.05, 0.1) is 18.8 Å². The lowest BCUT2D eigenvalue weighted by molar-refractivity contribution is -0.133. The summed E-state index contributed by atoms with van der Waals surface area (Å²) in [4.78, 5) is 25.9. The van der Waals surface area contributed by atoms with Gasteiger partial charge >= 0.3 is 0 Å². The summed E-state index contributed by atoms with van der Waals surface area (Å²) in [5, 5.41) is 4.52. The van der Waals surface area contributed by atoms with Gasteiger partial charge in [0.2, 0.25) is 5.91 Å². The predicted octanol–water partition coefficient (Wildman–Crippen LogP) is 0.826. The highest BCUT2D eigenvalue weighted by Crippen LogP contribution is 2.29. The molecule has 7 nitrogen and oxygen atoms in total. The number of aromatic nitrogens is 2. The van der Waals surface area contributed by atoms with Crippen LogP contribution in [0.4, 0.5) is 4.39 Å². The number of ether oxygens (including phenoxy) is 1. The topological polar surface area (TPSA) is 90.5 Å². The van der Waals surface area contributed by atoms with Crippen LogP contribution in [-0.4, -0.2) is 52.3 Å². The van der Waals surface area contributed by atoms with Crippen LogP contribution in [-0.2, 0) is 22.4 Å². The fourth-order valence-electron chi connectivity index (χ4n) is 3.56. The molecule has 2 amide bonds. The number of nitrogens with zero attached hydrogens (tertiary/aromatic N) is 3. The quantitative estimate of drug-likeness (QED) is 0.880. The summed E-state index contributed by atoms with van der Waals surface area (Å²) < 4.78 is 20.2. The van der Waals surface area contributed by atoms with E-state index < -0.39 is 12.0 Å². The molecule has 1 saturated heterocycles. The zero-order valence-electron chi connectivity index (χ0n) is 14.2. The van der Waals surface area contributed by atoms with Crippen molar-refractivity contribution in [3.8, 4) is 5.69 Å². The minimum absolute atomic E-state index is 0.131. The second kappa shape index (κ2) is 6.53. The molecule has 2 N–H and O–H groups in total. The monoisotopic (exact) mass is 358 g/mol. The van der Waals surface area contributed by atoms with E-state index in [1.54, 1.807) is 21.7 Å². The van der Waals surface area contributed by atoms with Gasteiger partial charge in [0.25, 0.3) is 5.91 Å². The van der Waals surface area contributed by atoms with Crippen molar-refractivity contribution in [2.75, 3.05) is 19.7 Å². The van der Waals surface area contributed by atoms with E-state index in [0.717, 1.165) is 36.2 Å². The molecule has 1 unspecified atom stereocenters. The van der Waals surface area contributed by atoms with E-state index in [0.29, 0.717) is 12.2 Å². The first-order chi connectivity index (χ1) is 12.5. The molecule has 0 saturated carbocycles.